The van der Waals surface area contributed by atoms with Gasteiger partial charge in [-0.15, -0.1) is 0 Å². The molecule has 2 aliphatic rings. The maximum Gasteiger partial charge on any atom is 0.226 e. The van der Waals surface area contributed by atoms with Crippen molar-refractivity contribution >= 4 is 34.3 Å². The van der Waals surface area contributed by atoms with Crippen molar-refractivity contribution in [1.82, 2.24) is 24.7 Å². The number of para-hydroxylation sites is 1. The molecule has 4 N–H and O–H groups in total. The topological polar surface area (TPSA) is 171 Å². The number of ether oxygens (including phenoxy) is 2. The van der Waals surface area contributed by atoms with Crippen molar-refractivity contribution in [2.24, 2.45) is 41.2 Å². The summed E-state index contributed by atoms with van der Waals surface area (Å²) in [5.74, 6) is -1.88. The monoisotopic (exact) mass is 883 g/mol. The van der Waals surface area contributed by atoms with Gasteiger partial charge in [0, 0.05) is 95.1 Å². The highest BCUT2D eigenvalue weighted by Gasteiger charge is 2.44. The molecule has 2 fully saturated rings. The summed E-state index contributed by atoms with van der Waals surface area (Å²) in [5.41, 5.74) is 7.87. The van der Waals surface area contributed by atoms with E-state index < -0.39 is 42.2 Å². The molecule has 2 amide bonds. The Morgan fingerprint density at radius 3 is 2.25 bits per heavy atom. The zero-order valence-electron chi connectivity index (χ0n) is 40.4. The van der Waals surface area contributed by atoms with Gasteiger partial charge in [-0.25, -0.2) is 0 Å². The fourth-order valence-electron chi connectivity index (χ4n) is 10.4. The molecule has 356 valence electrons. The van der Waals surface area contributed by atoms with Crippen molar-refractivity contribution in [3.63, 3.8) is 0 Å². The fourth-order valence-corrected chi connectivity index (χ4v) is 10.4. The van der Waals surface area contributed by atoms with Crippen LogP contribution in [0.5, 0.6) is 0 Å². The molecular formula is C49H82N6O8. The van der Waals surface area contributed by atoms with Crippen molar-refractivity contribution in [3.05, 3.63) is 36.0 Å². The number of aromatic nitrogens is 1. The Morgan fingerprint density at radius 1 is 0.937 bits per heavy atom. The summed E-state index contributed by atoms with van der Waals surface area (Å²) in [6, 6.07) is 6.90. The Labute approximate surface area is 377 Å². The lowest BCUT2D eigenvalue weighted by Crippen LogP contribution is -2.54. The summed E-state index contributed by atoms with van der Waals surface area (Å²) >= 11 is 0. The van der Waals surface area contributed by atoms with Crippen LogP contribution in [0.2, 0.25) is 0 Å². The second-order valence-corrected chi connectivity index (χ2v) is 19.2. The molecule has 0 aliphatic carbocycles. The number of fused-ring (bicyclic) bond motifs is 1. The molecule has 1 unspecified atom stereocenters. The number of methoxy groups -OCH3 is 2. The van der Waals surface area contributed by atoms with Gasteiger partial charge in [-0.2, -0.15) is 5.06 Å². The van der Waals surface area contributed by atoms with Crippen LogP contribution in [0.3, 0.4) is 0 Å². The van der Waals surface area contributed by atoms with Crippen LogP contribution in [0.4, 0.5) is 0 Å². The maximum atomic E-state index is 14.5. The van der Waals surface area contributed by atoms with E-state index in [1.54, 1.807) is 31.2 Å². The smallest absolute Gasteiger partial charge is 0.226 e. The number of benzene rings is 1. The van der Waals surface area contributed by atoms with Crippen molar-refractivity contribution < 1.29 is 38.6 Å². The van der Waals surface area contributed by atoms with E-state index in [4.69, 9.17) is 20.0 Å². The standard InChI is InChI=1S/C49H82N6O8/c1-12-33(6)46(53(9)49(60)38(31(2)3)28-42(57)45(32(4)5)52(8)24-21-50)43(61-10)29-44(58)54-22-17-20-40(54)47(62-11)34(7)41(56)27-35(48(59)55-23-15-16-25-63-55)26-36-30-51-39-19-14-13-18-37(36)39/h13-14,18-19,30-35,38,40,43,45-48,51,59H,12,15-17,20-29,50H2,1-11H3/t33-,34-,35+,38-,40-,43+,45-,46-,47+,48?/m0/s1. The summed E-state index contributed by atoms with van der Waals surface area (Å²) in [5, 5.41) is 14.4. The second-order valence-electron chi connectivity index (χ2n) is 19.2. The first-order valence-corrected chi connectivity index (χ1v) is 23.7. The molecule has 14 nitrogen and oxygen atoms in total. The van der Waals surface area contributed by atoms with E-state index in [0.717, 1.165) is 42.1 Å². The molecule has 0 spiro atoms. The molecule has 0 saturated carbocycles. The number of carbonyl (C=O) groups is 4. The van der Waals surface area contributed by atoms with Gasteiger partial charge < -0.3 is 35.1 Å². The SMILES string of the molecule is CC[C@H](C)[C@@H]([C@@H](CC(=O)N1CCC[C@H]1[C@H](OC)[C@@H](C)C(=O)C[C@@H](Cc1c[nH]c2ccccc12)C(O)N1CCCCO1)OC)N(C)C(=O)[C@@H](CC(=O)[C@H](C(C)C)N(C)CCN)C(C)C. The largest absolute Gasteiger partial charge is 0.379 e. The fraction of sp³-hybridized carbons (Fsp3) is 0.755. The highest BCUT2D eigenvalue weighted by molar-refractivity contribution is 5.90. The van der Waals surface area contributed by atoms with Crippen LogP contribution in [-0.4, -0.2) is 151 Å². The number of nitrogens with two attached hydrogens (primary N) is 1. The molecule has 1 aromatic heterocycles. The van der Waals surface area contributed by atoms with Crippen LogP contribution in [0.1, 0.15) is 105 Å². The van der Waals surface area contributed by atoms with Crippen molar-refractivity contribution in [3.8, 4) is 0 Å². The number of H-pyrrole nitrogens is 1. The van der Waals surface area contributed by atoms with Gasteiger partial charge in [0.25, 0.3) is 0 Å². The number of carbonyl (C=O) groups excluding carboxylic acids is 4. The average molecular weight is 883 g/mol. The summed E-state index contributed by atoms with van der Waals surface area (Å²) in [7, 11) is 6.88. The number of hydroxylamine groups is 2. The minimum atomic E-state index is -0.980. The van der Waals surface area contributed by atoms with E-state index in [-0.39, 0.29) is 72.5 Å². The molecule has 4 rings (SSSR count). The van der Waals surface area contributed by atoms with Crippen LogP contribution < -0.4 is 5.73 Å². The number of aliphatic hydroxyl groups is 1. The van der Waals surface area contributed by atoms with Gasteiger partial charge in [0.2, 0.25) is 11.8 Å². The Morgan fingerprint density at radius 2 is 1.65 bits per heavy atom. The zero-order chi connectivity index (χ0) is 46.5. The maximum absolute atomic E-state index is 14.5. The number of aliphatic hydroxyl groups excluding tert-OH is 1. The molecule has 0 radical (unpaired) electrons. The predicted molar refractivity (Wildman–Crippen MR) is 247 cm³/mol. The number of likely N-dealkylation sites (N-methyl/N-ethyl adjacent to an activating group) is 2. The Kier molecular flexibility index (Phi) is 20.7. The number of nitrogens with one attached hydrogen (secondary N) is 1. The number of hydrogen-bond acceptors (Lipinski definition) is 11. The van der Waals surface area contributed by atoms with Crippen molar-refractivity contribution in [2.45, 2.75) is 143 Å². The van der Waals surface area contributed by atoms with Crippen LogP contribution >= 0.6 is 0 Å². The lowest BCUT2D eigenvalue weighted by atomic mass is 9.83. The van der Waals surface area contributed by atoms with Gasteiger partial charge in [0.1, 0.15) is 12.0 Å². The van der Waals surface area contributed by atoms with E-state index in [0.29, 0.717) is 45.6 Å². The molecule has 63 heavy (non-hydrogen) atoms. The van der Waals surface area contributed by atoms with Gasteiger partial charge in [-0.1, -0.05) is 73.1 Å². The van der Waals surface area contributed by atoms with Crippen LogP contribution in [0.25, 0.3) is 10.9 Å². The number of rotatable bonds is 26. The first-order valence-electron chi connectivity index (χ1n) is 23.7. The number of aromatic amines is 1. The third kappa shape index (κ3) is 13.2. The first kappa shape index (κ1) is 52.4. The summed E-state index contributed by atoms with van der Waals surface area (Å²) in [6.45, 7) is 16.7. The van der Waals surface area contributed by atoms with E-state index in [2.05, 4.69) is 18.8 Å². The molecule has 2 saturated heterocycles. The Hall–Kier alpha value is -3.24. The van der Waals surface area contributed by atoms with E-state index in [9.17, 15) is 24.3 Å². The average Bonchev–Trinajstić information content (AvgIpc) is 3.92. The molecule has 0 bridgehead atoms. The minimum Gasteiger partial charge on any atom is -0.379 e. The number of amides is 2. The molecule has 1 aromatic carbocycles. The summed E-state index contributed by atoms with van der Waals surface area (Å²) in [4.78, 5) is 72.0. The Bertz CT molecular complexity index is 1750. The van der Waals surface area contributed by atoms with E-state index in [1.807, 2.05) is 81.9 Å². The number of likely N-dealkylation sites (tertiary alicyclic amines) is 1. The number of nitrogens with zero attached hydrogens (tertiary/aromatic N) is 4. The van der Waals surface area contributed by atoms with Crippen LogP contribution in [0.15, 0.2) is 30.5 Å². The summed E-state index contributed by atoms with van der Waals surface area (Å²) < 4.78 is 12.3. The second kappa shape index (κ2) is 24.9. The van der Waals surface area contributed by atoms with Gasteiger partial charge >= 0.3 is 0 Å². The van der Waals surface area contributed by atoms with E-state index in [1.165, 1.54) is 0 Å². The number of Topliss-reactive ketones (excluding diaryl/α,β-unsaturated/α-hetero) is 2. The van der Waals surface area contributed by atoms with Gasteiger partial charge in [0.15, 0.2) is 5.78 Å². The lowest BCUT2D eigenvalue weighted by Gasteiger charge is -2.41. The van der Waals surface area contributed by atoms with Crippen molar-refractivity contribution in [1.29, 1.82) is 0 Å². The minimum absolute atomic E-state index is 0.0130. The normalized spacial score (nSPS) is 20.7. The Balaban J connectivity index is 1.51. The highest BCUT2D eigenvalue weighted by atomic mass is 16.7. The van der Waals surface area contributed by atoms with Crippen LogP contribution in [0, 0.1) is 35.5 Å². The summed E-state index contributed by atoms with van der Waals surface area (Å²) in [6.07, 6.45) is 4.54. The molecule has 3 heterocycles. The van der Waals surface area contributed by atoms with Crippen molar-refractivity contribution in [2.75, 3.05) is 61.1 Å². The van der Waals surface area contributed by atoms with Gasteiger partial charge in [0.05, 0.1) is 43.4 Å². The quantitative estimate of drug-likeness (QED) is 0.106. The third-order valence-electron chi connectivity index (χ3n) is 14.2. The van der Waals surface area contributed by atoms with Gasteiger partial charge in [-0.3, -0.25) is 28.9 Å². The molecular weight excluding hydrogens is 801 g/mol. The highest BCUT2D eigenvalue weighted by Crippen LogP contribution is 2.33. The molecule has 10 atom stereocenters. The molecule has 2 aromatic rings. The molecule has 14 heteroatoms. The lowest BCUT2D eigenvalue weighted by molar-refractivity contribution is -0.267. The third-order valence-corrected chi connectivity index (χ3v) is 14.2. The van der Waals surface area contributed by atoms with Crippen LogP contribution in [-0.2, 0) is 39.9 Å². The number of hydrogen-bond donors (Lipinski definition) is 3. The zero-order valence-corrected chi connectivity index (χ0v) is 40.4. The molecule has 2 aliphatic heterocycles. The predicted octanol–water partition coefficient (Wildman–Crippen LogP) is 5.70. The van der Waals surface area contributed by atoms with E-state index >= 15 is 0 Å². The first-order chi connectivity index (χ1) is 30.0. The number of ketones is 2. The van der Waals surface area contributed by atoms with Gasteiger partial charge in [-0.05, 0) is 68.5 Å².